The van der Waals surface area contributed by atoms with Gasteiger partial charge in [-0.05, 0) is 33.2 Å². The third-order valence-electron chi connectivity index (χ3n) is 2.02. The number of hydrogen-bond acceptors (Lipinski definition) is 5. The molecule has 0 amide bonds. The molecule has 0 atom stereocenters. The second-order valence-corrected chi connectivity index (χ2v) is 3.74. The molecule has 2 rings (SSSR count). The van der Waals surface area contributed by atoms with Crippen molar-refractivity contribution in [2.24, 2.45) is 0 Å². The predicted octanol–water partition coefficient (Wildman–Crippen LogP) is 2.65. The van der Waals surface area contributed by atoms with Gasteiger partial charge in [-0.15, -0.1) is 10.2 Å². The van der Waals surface area contributed by atoms with Crippen LogP contribution >= 0.6 is 0 Å². The van der Waals surface area contributed by atoms with Crippen molar-refractivity contribution in [2.75, 3.05) is 14.1 Å². The molecule has 2 aromatic rings. The first kappa shape index (κ1) is 18.0. The van der Waals surface area contributed by atoms with Gasteiger partial charge in [-0.25, -0.2) is 0 Å². The van der Waals surface area contributed by atoms with Crippen molar-refractivity contribution in [1.29, 1.82) is 0 Å². The highest BCUT2D eigenvalue weighted by Gasteiger charge is 2.07. The summed E-state index contributed by atoms with van der Waals surface area (Å²) in [6, 6.07) is 7.76. The fraction of sp³-hybridized carbons (Fsp3) is 0.400. The fourth-order valence-corrected chi connectivity index (χ4v) is 1.22. The molecule has 0 fully saturated rings. The summed E-state index contributed by atoms with van der Waals surface area (Å²) in [6.45, 7) is 6.01. The van der Waals surface area contributed by atoms with Gasteiger partial charge in [0, 0.05) is 5.56 Å². The molecule has 1 aromatic carbocycles. The van der Waals surface area contributed by atoms with Gasteiger partial charge >= 0.3 is 0 Å². The summed E-state index contributed by atoms with van der Waals surface area (Å²) < 4.78 is 5.30. The summed E-state index contributed by atoms with van der Waals surface area (Å²) in [6.07, 6.45) is 0.908. The zero-order valence-corrected chi connectivity index (χ0v) is 12.8. The fourth-order valence-electron chi connectivity index (χ4n) is 1.22. The van der Waals surface area contributed by atoms with Crippen molar-refractivity contribution in [1.82, 2.24) is 15.5 Å². The number of aromatic nitrogens is 2. The van der Waals surface area contributed by atoms with Crippen LogP contribution in [0.3, 0.4) is 0 Å². The smallest absolute Gasteiger partial charge is 0.247 e. The molecular formula is C15H23N3O2. The van der Waals surface area contributed by atoms with Crippen LogP contribution in [0.25, 0.3) is 11.5 Å². The Bertz CT molecular complexity index is 478. The molecule has 5 heteroatoms. The van der Waals surface area contributed by atoms with Crippen LogP contribution in [0, 0.1) is 6.92 Å². The van der Waals surface area contributed by atoms with Gasteiger partial charge in [-0.2, -0.15) is 0 Å². The maximum absolute atomic E-state index is 10.2. The zero-order valence-electron chi connectivity index (χ0n) is 12.8. The van der Waals surface area contributed by atoms with Crippen molar-refractivity contribution in [3.05, 3.63) is 35.7 Å². The van der Waals surface area contributed by atoms with E-state index < -0.39 is 0 Å². The van der Waals surface area contributed by atoms with Gasteiger partial charge in [0.15, 0.2) is 0 Å². The predicted molar refractivity (Wildman–Crippen MR) is 80.6 cm³/mol. The molecule has 0 aliphatic heterocycles. The summed E-state index contributed by atoms with van der Waals surface area (Å²) in [4.78, 5) is 10.2. The number of carbonyl (C=O) groups excluding carboxylic acids is 1. The molecule has 0 radical (unpaired) electrons. The maximum atomic E-state index is 10.2. The molecular weight excluding hydrogens is 254 g/mol. The normalized spacial score (nSPS) is 8.85. The number of nitrogens with zero attached hydrogens (tertiary/aromatic N) is 2. The minimum atomic E-state index is 0.166. The molecule has 0 aliphatic rings. The summed E-state index contributed by atoms with van der Waals surface area (Å²) in [5.74, 6) is 0.799. The first-order chi connectivity index (χ1) is 9.71. The average molecular weight is 277 g/mol. The van der Waals surface area contributed by atoms with E-state index >= 15 is 0 Å². The second-order valence-electron chi connectivity index (χ2n) is 3.74. The molecule has 110 valence electrons. The molecule has 0 unspecified atom stereocenters. The van der Waals surface area contributed by atoms with Gasteiger partial charge in [0.25, 0.3) is 0 Å². The number of aldehydes is 1. The monoisotopic (exact) mass is 277 g/mol. The van der Waals surface area contributed by atoms with Crippen LogP contribution < -0.4 is 5.32 Å². The lowest BCUT2D eigenvalue weighted by atomic mass is 10.1. The van der Waals surface area contributed by atoms with Crippen LogP contribution in [0.15, 0.2) is 28.7 Å². The Morgan fingerprint density at radius 3 is 2.20 bits per heavy atom. The van der Waals surface area contributed by atoms with E-state index in [2.05, 4.69) is 15.5 Å². The number of nitrogens with one attached hydrogen (secondary N) is 1. The molecule has 1 heterocycles. The Labute approximate surface area is 120 Å². The Morgan fingerprint density at radius 1 is 1.15 bits per heavy atom. The number of hydrogen-bond donors (Lipinski definition) is 1. The zero-order chi connectivity index (χ0) is 15.4. The highest BCUT2D eigenvalue weighted by molar-refractivity contribution is 5.55. The van der Waals surface area contributed by atoms with Gasteiger partial charge in [0.1, 0.15) is 6.29 Å². The van der Waals surface area contributed by atoms with E-state index in [4.69, 9.17) is 4.42 Å². The van der Waals surface area contributed by atoms with Crippen LogP contribution in [-0.2, 0) is 11.2 Å². The highest BCUT2D eigenvalue weighted by Crippen LogP contribution is 2.17. The summed E-state index contributed by atoms with van der Waals surface area (Å²) in [5.41, 5.74) is 2.04. The first-order valence-electron chi connectivity index (χ1n) is 6.62. The van der Waals surface area contributed by atoms with E-state index in [1.54, 1.807) is 0 Å². The van der Waals surface area contributed by atoms with E-state index in [1.165, 1.54) is 5.56 Å². The van der Waals surface area contributed by atoms with E-state index in [0.29, 0.717) is 11.8 Å². The topological polar surface area (TPSA) is 68.0 Å². The second kappa shape index (κ2) is 10.9. The van der Waals surface area contributed by atoms with E-state index in [-0.39, 0.29) is 6.42 Å². The van der Waals surface area contributed by atoms with Crippen molar-refractivity contribution in [3.8, 4) is 11.5 Å². The van der Waals surface area contributed by atoms with Gasteiger partial charge in [0.05, 0.1) is 6.42 Å². The van der Waals surface area contributed by atoms with Crippen LogP contribution in [0.2, 0.25) is 0 Å². The van der Waals surface area contributed by atoms with E-state index in [9.17, 15) is 4.79 Å². The van der Waals surface area contributed by atoms with Crippen molar-refractivity contribution < 1.29 is 9.21 Å². The van der Waals surface area contributed by atoms with Crippen LogP contribution in [-0.4, -0.2) is 30.6 Å². The molecule has 0 aliphatic carbocycles. The number of benzene rings is 1. The Kier molecular flexibility index (Phi) is 9.78. The molecule has 5 nitrogen and oxygen atoms in total. The quantitative estimate of drug-likeness (QED) is 0.873. The van der Waals surface area contributed by atoms with Crippen LogP contribution in [0.5, 0.6) is 0 Å². The summed E-state index contributed by atoms with van der Waals surface area (Å²) in [7, 11) is 3.75. The third kappa shape index (κ3) is 6.24. The van der Waals surface area contributed by atoms with Crippen LogP contribution in [0.4, 0.5) is 0 Å². The standard InChI is InChI=1S/C11H10N2O2.C2H7N.C2H6/c1-8-2-4-9(5-3-8)11-13-12-10(15-11)6-7-14;1-3-2;1-2/h2-5,7H,6H2,1H3;3H,1-2H3;1-2H3. The molecule has 0 spiro atoms. The SMILES string of the molecule is CC.CNC.Cc1ccc(-c2nnc(CC=O)o2)cc1. The van der Waals surface area contributed by atoms with E-state index in [1.807, 2.05) is 59.1 Å². The molecule has 20 heavy (non-hydrogen) atoms. The van der Waals surface area contributed by atoms with Crippen molar-refractivity contribution >= 4 is 6.29 Å². The maximum Gasteiger partial charge on any atom is 0.247 e. The largest absolute Gasteiger partial charge is 0.420 e. The Hall–Kier alpha value is -2.01. The number of aryl methyl sites for hydroxylation is 1. The lowest BCUT2D eigenvalue weighted by Gasteiger charge is -1.94. The van der Waals surface area contributed by atoms with Crippen molar-refractivity contribution in [2.45, 2.75) is 27.2 Å². The van der Waals surface area contributed by atoms with Gasteiger partial charge in [-0.3, -0.25) is 0 Å². The average Bonchev–Trinajstić information content (AvgIpc) is 2.92. The first-order valence-corrected chi connectivity index (χ1v) is 6.62. The van der Waals surface area contributed by atoms with Gasteiger partial charge in [0.2, 0.25) is 11.8 Å². The summed E-state index contributed by atoms with van der Waals surface area (Å²) >= 11 is 0. The Morgan fingerprint density at radius 2 is 1.70 bits per heavy atom. The minimum Gasteiger partial charge on any atom is -0.420 e. The van der Waals surface area contributed by atoms with Gasteiger partial charge < -0.3 is 14.5 Å². The lowest BCUT2D eigenvalue weighted by molar-refractivity contribution is -0.107. The number of carbonyl (C=O) groups is 1. The minimum absolute atomic E-state index is 0.166. The van der Waals surface area contributed by atoms with Crippen molar-refractivity contribution in [3.63, 3.8) is 0 Å². The molecule has 0 saturated carbocycles. The third-order valence-corrected chi connectivity index (χ3v) is 2.02. The van der Waals surface area contributed by atoms with E-state index in [0.717, 1.165) is 11.8 Å². The lowest BCUT2D eigenvalue weighted by Crippen LogP contribution is -1.89. The Balaban J connectivity index is 0.000000641. The van der Waals surface area contributed by atoms with Crippen LogP contribution in [0.1, 0.15) is 25.3 Å². The molecule has 0 saturated heterocycles. The molecule has 1 N–H and O–H groups in total. The molecule has 1 aromatic heterocycles. The number of rotatable bonds is 3. The molecule has 0 bridgehead atoms. The van der Waals surface area contributed by atoms with Gasteiger partial charge in [-0.1, -0.05) is 31.5 Å². The highest BCUT2D eigenvalue weighted by atomic mass is 16.4. The summed E-state index contributed by atoms with van der Waals surface area (Å²) in [5, 5.41) is 10.4.